The molecular formula is C20H21N7O2. The van der Waals surface area contributed by atoms with E-state index in [1.54, 1.807) is 6.20 Å². The molecule has 4 heterocycles. The second-order valence-corrected chi connectivity index (χ2v) is 6.93. The fraction of sp³-hybridized carbons (Fsp3) is 0.350. The van der Waals surface area contributed by atoms with Crippen molar-refractivity contribution >= 4 is 5.65 Å². The SMILES string of the molecule is CCOc1ccc(-c2cnc3c(-c4nn[nH]n4)cnn3c2C2CCOCC2)cc1. The molecule has 29 heavy (non-hydrogen) atoms. The zero-order valence-electron chi connectivity index (χ0n) is 16.1. The number of hydrogen-bond acceptors (Lipinski definition) is 7. The Kier molecular flexibility index (Phi) is 4.65. The second kappa shape index (κ2) is 7.59. The summed E-state index contributed by atoms with van der Waals surface area (Å²) in [6.45, 7) is 4.12. The zero-order chi connectivity index (χ0) is 19.6. The maximum absolute atomic E-state index is 5.59. The van der Waals surface area contributed by atoms with Crippen molar-refractivity contribution in [1.29, 1.82) is 0 Å². The molecule has 0 aliphatic carbocycles. The number of ether oxygens (including phenoxy) is 2. The highest BCUT2D eigenvalue weighted by Gasteiger charge is 2.25. The lowest BCUT2D eigenvalue weighted by atomic mass is 9.90. The van der Waals surface area contributed by atoms with Crippen molar-refractivity contribution in [2.45, 2.75) is 25.7 Å². The van der Waals surface area contributed by atoms with Gasteiger partial charge in [-0.3, -0.25) is 0 Å². The first kappa shape index (κ1) is 17.7. The molecule has 0 radical (unpaired) electrons. The van der Waals surface area contributed by atoms with Gasteiger partial charge in [-0.05, 0) is 42.7 Å². The molecule has 0 amide bonds. The van der Waals surface area contributed by atoms with Crippen LogP contribution in [0.25, 0.3) is 28.2 Å². The van der Waals surface area contributed by atoms with Crippen LogP contribution < -0.4 is 4.74 Å². The van der Waals surface area contributed by atoms with Crippen LogP contribution in [-0.2, 0) is 4.74 Å². The highest BCUT2D eigenvalue weighted by molar-refractivity contribution is 5.75. The molecular weight excluding hydrogens is 370 g/mol. The molecule has 0 atom stereocenters. The quantitative estimate of drug-likeness (QED) is 0.558. The van der Waals surface area contributed by atoms with Crippen molar-refractivity contribution in [3.63, 3.8) is 0 Å². The molecule has 3 aromatic heterocycles. The Balaban J connectivity index is 1.66. The second-order valence-electron chi connectivity index (χ2n) is 6.93. The molecule has 5 rings (SSSR count). The molecule has 0 spiro atoms. The monoisotopic (exact) mass is 391 g/mol. The summed E-state index contributed by atoms with van der Waals surface area (Å²) in [6, 6.07) is 8.12. The van der Waals surface area contributed by atoms with Crippen LogP contribution >= 0.6 is 0 Å². The lowest BCUT2D eigenvalue weighted by molar-refractivity contribution is 0.0842. The average Bonchev–Trinajstić information content (AvgIpc) is 3.44. The summed E-state index contributed by atoms with van der Waals surface area (Å²) < 4.78 is 13.1. The number of aromatic nitrogens is 7. The number of nitrogens with one attached hydrogen (secondary N) is 1. The van der Waals surface area contributed by atoms with E-state index in [0.29, 0.717) is 18.3 Å². The van der Waals surface area contributed by atoms with E-state index in [2.05, 4.69) is 37.9 Å². The number of rotatable bonds is 5. The van der Waals surface area contributed by atoms with Crippen LogP contribution in [-0.4, -0.2) is 55.0 Å². The number of tetrazole rings is 1. The van der Waals surface area contributed by atoms with Gasteiger partial charge in [-0.1, -0.05) is 12.1 Å². The maximum Gasteiger partial charge on any atom is 0.210 e. The molecule has 4 aromatic rings. The first-order valence-corrected chi connectivity index (χ1v) is 9.76. The standard InChI is InChI=1S/C20H21N7O2/c1-2-29-15-5-3-13(4-6-15)16-11-21-20-17(19-23-25-26-24-19)12-22-27(20)18(16)14-7-9-28-10-8-14/h3-6,11-12,14H,2,7-10H2,1H3,(H,23,24,25,26). The predicted octanol–water partition coefficient (Wildman–Crippen LogP) is 2.87. The van der Waals surface area contributed by atoms with Crippen LogP contribution in [0, 0.1) is 0 Å². The Labute approximate surface area is 167 Å². The van der Waals surface area contributed by atoms with Crippen LogP contribution in [0.3, 0.4) is 0 Å². The van der Waals surface area contributed by atoms with Gasteiger partial charge in [-0.15, -0.1) is 10.2 Å². The van der Waals surface area contributed by atoms with Gasteiger partial charge in [0.15, 0.2) is 5.65 Å². The summed E-state index contributed by atoms with van der Waals surface area (Å²) in [4.78, 5) is 4.70. The Morgan fingerprint density at radius 2 is 1.97 bits per heavy atom. The van der Waals surface area contributed by atoms with Crippen molar-refractivity contribution in [1.82, 2.24) is 35.2 Å². The van der Waals surface area contributed by atoms with Gasteiger partial charge < -0.3 is 9.47 Å². The molecule has 9 nitrogen and oxygen atoms in total. The Hall–Kier alpha value is -3.33. The summed E-state index contributed by atoms with van der Waals surface area (Å²) in [5, 5.41) is 19.0. The largest absolute Gasteiger partial charge is 0.494 e. The molecule has 1 aromatic carbocycles. The van der Waals surface area contributed by atoms with E-state index in [9.17, 15) is 0 Å². The van der Waals surface area contributed by atoms with Gasteiger partial charge in [0.1, 0.15) is 5.75 Å². The highest BCUT2D eigenvalue weighted by atomic mass is 16.5. The molecule has 1 fully saturated rings. The minimum absolute atomic E-state index is 0.328. The third-order valence-electron chi connectivity index (χ3n) is 5.23. The number of hydrogen-bond donors (Lipinski definition) is 1. The lowest BCUT2D eigenvalue weighted by Crippen LogP contribution is -2.18. The molecule has 0 saturated carbocycles. The van der Waals surface area contributed by atoms with Crippen LogP contribution in [0.5, 0.6) is 5.75 Å². The first-order valence-electron chi connectivity index (χ1n) is 9.76. The van der Waals surface area contributed by atoms with Crippen molar-refractivity contribution in [2.75, 3.05) is 19.8 Å². The zero-order valence-corrected chi connectivity index (χ0v) is 16.1. The van der Waals surface area contributed by atoms with E-state index in [-0.39, 0.29) is 0 Å². The third-order valence-corrected chi connectivity index (χ3v) is 5.23. The van der Waals surface area contributed by atoms with Gasteiger partial charge in [-0.25, -0.2) is 9.50 Å². The minimum Gasteiger partial charge on any atom is -0.494 e. The molecule has 1 aliphatic rings. The molecule has 1 aliphatic heterocycles. The summed E-state index contributed by atoms with van der Waals surface area (Å²) in [5.41, 5.74) is 4.77. The van der Waals surface area contributed by atoms with E-state index in [1.165, 1.54) is 0 Å². The minimum atomic E-state index is 0.328. The van der Waals surface area contributed by atoms with E-state index >= 15 is 0 Å². The molecule has 0 unspecified atom stereocenters. The van der Waals surface area contributed by atoms with Crippen LogP contribution in [0.2, 0.25) is 0 Å². The Bertz CT molecular complexity index is 1100. The topological polar surface area (TPSA) is 103 Å². The van der Waals surface area contributed by atoms with Crippen molar-refractivity contribution in [3.05, 3.63) is 42.4 Å². The van der Waals surface area contributed by atoms with Gasteiger partial charge in [0, 0.05) is 30.9 Å². The highest BCUT2D eigenvalue weighted by Crippen LogP contribution is 2.36. The van der Waals surface area contributed by atoms with Gasteiger partial charge in [0.25, 0.3) is 0 Å². The fourth-order valence-electron chi connectivity index (χ4n) is 3.87. The van der Waals surface area contributed by atoms with Gasteiger partial charge in [0.05, 0.1) is 24.1 Å². The van der Waals surface area contributed by atoms with Crippen molar-refractivity contribution in [3.8, 4) is 28.3 Å². The number of H-pyrrole nitrogens is 1. The van der Waals surface area contributed by atoms with Crippen molar-refractivity contribution < 1.29 is 9.47 Å². The van der Waals surface area contributed by atoms with Gasteiger partial charge >= 0.3 is 0 Å². The molecule has 1 N–H and O–H groups in total. The molecule has 9 heteroatoms. The predicted molar refractivity (Wildman–Crippen MR) is 106 cm³/mol. The van der Waals surface area contributed by atoms with E-state index < -0.39 is 0 Å². The Morgan fingerprint density at radius 3 is 2.69 bits per heavy atom. The number of fused-ring (bicyclic) bond motifs is 1. The van der Waals surface area contributed by atoms with E-state index in [1.807, 2.05) is 29.8 Å². The third kappa shape index (κ3) is 3.23. The number of benzene rings is 1. The lowest BCUT2D eigenvalue weighted by Gasteiger charge is -2.25. The first-order chi connectivity index (χ1) is 14.3. The van der Waals surface area contributed by atoms with E-state index in [4.69, 9.17) is 14.5 Å². The maximum atomic E-state index is 5.59. The Morgan fingerprint density at radius 1 is 1.14 bits per heavy atom. The summed E-state index contributed by atoms with van der Waals surface area (Å²) >= 11 is 0. The van der Waals surface area contributed by atoms with Crippen LogP contribution in [0.4, 0.5) is 0 Å². The van der Waals surface area contributed by atoms with Gasteiger partial charge in [0.2, 0.25) is 5.82 Å². The molecule has 148 valence electrons. The van der Waals surface area contributed by atoms with Crippen molar-refractivity contribution in [2.24, 2.45) is 0 Å². The van der Waals surface area contributed by atoms with Gasteiger partial charge in [-0.2, -0.15) is 10.3 Å². The molecule has 0 bridgehead atoms. The average molecular weight is 391 g/mol. The smallest absolute Gasteiger partial charge is 0.210 e. The fourth-order valence-corrected chi connectivity index (χ4v) is 3.87. The molecule has 1 saturated heterocycles. The van der Waals surface area contributed by atoms with Crippen LogP contribution in [0.1, 0.15) is 31.4 Å². The number of aromatic amines is 1. The van der Waals surface area contributed by atoms with Crippen LogP contribution in [0.15, 0.2) is 36.7 Å². The summed E-state index contributed by atoms with van der Waals surface area (Å²) in [6.07, 6.45) is 5.56. The van der Waals surface area contributed by atoms with E-state index in [0.717, 1.165) is 59.8 Å². The summed E-state index contributed by atoms with van der Waals surface area (Å²) in [7, 11) is 0. The normalized spacial score (nSPS) is 15.1. The summed E-state index contributed by atoms with van der Waals surface area (Å²) in [5.74, 6) is 1.67. The number of nitrogens with zero attached hydrogens (tertiary/aromatic N) is 6.